The van der Waals surface area contributed by atoms with Crippen LogP contribution in [0.3, 0.4) is 0 Å². The Bertz CT molecular complexity index is 1130. The minimum absolute atomic E-state index is 0.237. The number of nitriles is 1. The molecule has 2 N–H and O–H groups in total. The SMILES string of the molecule is N#CC(=CNc1ccc(Oc2ccc3ccccc3c2)cc1)c1nn[nH]n1. The Hall–Kier alpha value is -4.18. The van der Waals surface area contributed by atoms with E-state index in [1.54, 1.807) is 0 Å². The van der Waals surface area contributed by atoms with Crippen molar-refractivity contribution in [3.8, 4) is 17.6 Å². The molecule has 0 fully saturated rings. The van der Waals surface area contributed by atoms with Gasteiger partial charge in [0.25, 0.3) is 0 Å². The summed E-state index contributed by atoms with van der Waals surface area (Å²) >= 11 is 0. The van der Waals surface area contributed by atoms with Crippen molar-refractivity contribution < 1.29 is 4.74 Å². The minimum Gasteiger partial charge on any atom is -0.457 e. The molecule has 0 unspecified atom stereocenters. The lowest BCUT2D eigenvalue weighted by molar-refractivity contribution is 0.483. The van der Waals surface area contributed by atoms with Crippen molar-refractivity contribution in [1.82, 2.24) is 20.6 Å². The summed E-state index contributed by atoms with van der Waals surface area (Å²) < 4.78 is 5.92. The number of hydrogen-bond acceptors (Lipinski definition) is 6. The number of aromatic nitrogens is 4. The number of hydrogen-bond donors (Lipinski definition) is 2. The molecular formula is C20H14N6O. The topological polar surface area (TPSA) is 99.5 Å². The second-order valence-electron chi connectivity index (χ2n) is 5.68. The average molecular weight is 354 g/mol. The van der Waals surface area contributed by atoms with Crippen LogP contribution in [0.25, 0.3) is 16.3 Å². The number of tetrazole rings is 1. The van der Waals surface area contributed by atoms with E-state index in [4.69, 9.17) is 10.00 Å². The number of ether oxygens (including phenoxy) is 1. The van der Waals surface area contributed by atoms with Crippen LogP contribution in [0.4, 0.5) is 5.69 Å². The predicted molar refractivity (Wildman–Crippen MR) is 102 cm³/mol. The van der Waals surface area contributed by atoms with Gasteiger partial charge in [0.05, 0.1) is 0 Å². The fraction of sp³-hybridized carbons (Fsp3) is 0. The second kappa shape index (κ2) is 7.37. The maximum Gasteiger partial charge on any atom is 0.216 e. The Morgan fingerprint density at radius 2 is 1.78 bits per heavy atom. The quantitative estimate of drug-likeness (QED) is 0.523. The third kappa shape index (κ3) is 3.75. The number of H-pyrrole nitrogens is 1. The summed E-state index contributed by atoms with van der Waals surface area (Å²) in [5, 5.41) is 27.8. The third-order valence-corrected chi connectivity index (χ3v) is 3.90. The van der Waals surface area contributed by atoms with E-state index in [1.165, 1.54) is 11.6 Å². The van der Waals surface area contributed by atoms with Gasteiger partial charge in [0.2, 0.25) is 5.82 Å². The zero-order valence-electron chi connectivity index (χ0n) is 14.1. The average Bonchev–Trinajstić information content (AvgIpc) is 3.24. The van der Waals surface area contributed by atoms with Crippen molar-refractivity contribution in [2.75, 3.05) is 5.32 Å². The first-order valence-corrected chi connectivity index (χ1v) is 8.19. The Kier molecular flexibility index (Phi) is 4.45. The number of benzene rings is 3. The highest BCUT2D eigenvalue weighted by atomic mass is 16.5. The van der Waals surface area contributed by atoms with Gasteiger partial charge in [-0.3, -0.25) is 0 Å². The minimum atomic E-state index is 0.237. The molecule has 7 heteroatoms. The van der Waals surface area contributed by atoms with Crippen molar-refractivity contribution in [1.29, 1.82) is 5.26 Å². The van der Waals surface area contributed by atoms with Crippen molar-refractivity contribution in [2.45, 2.75) is 0 Å². The Balaban J connectivity index is 1.46. The largest absolute Gasteiger partial charge is 0.457 e. The van der Waals surface area contributed by atoms with Crippen LogP contribution in [-0.4, -0.2) is 20.6 Å². The van der Waals surface area contributed by atoms with E-state index in [0.29, 0.717) is 0 Å². The molecule has 4 aromatic rings. The standard InChI is InChI=1S/C20H14N6O/c21-12-16(20-23-25-26-24-20)13-22-17-6-9-18(10-7-17)27-19-8-5-14-3-1-2-4-15(14)11-19/h1-11,13,22H,(H,23,24,25,26). The maximum atomic E-state index is 9.16. The maximum absolute atomic E-state index is 9.16. The van der Waals surface area contributed by atoms with Gasteiger partial charge in [0.15, 0.2) is 0 Å². The summed E-state index contributed by atoms with van der Waals surface area (Å²) in [6.07, 6.45) is 1.53. The van der Waals surface area contributed by atoms with Crippen LogP contribution in [0, 0.1) is 11.3 Å². The van der Waals surface area contributed by atoms with E-state index in [9.17, 15) is 0 Å². The fourth-order valence-corrected chi connectivity index (χ4v) is 2.56. The number of nitrogens with zero attached hydrogens (tertiary/aromatic N) is 4. The van der Waals surface area contributed by atoms with Crippen LogP contribution in [0.15, 0.2) is 72.9 Å². The number of anilines is 1. The highest BCUT2D eigenvalue weighted by Crippen LogP contribution is 2.26. The smallest absolute Gasteiger partial charge is 0.216 e. The molecule has 7 nitrogen and oxygen atoms in total. The first kappa shape index (κ1) is 16.3. The third-order valence-electron chi connectivity index (χ3n) is 3.90. The Morgan fingerprint density at radius 3 is 2.52 bits per heavy atom. The number of aromatic amines is 1. The molecule has 27 heavy (non-hydrogen) atoms. The summed E-state index contributed by atoms with van der Waals surface area (Å²) in [4.78, 5) is 0. The van der Waals surface area contributed by atoms with Crippen molar-refractivity contribution >= 4 is 22.0 Å². The van der Waals surface area contributed by atoms with Crippen LogP contribution in [0.1, 0.15) is 5.82 Å². The monoisotopic (exact) mass is 354 g/mol. The molecule has 0 aliphatic rings. The van der Waals surface area contributed by atoms with E-state index in [0.717, 1.165) is 22.6 Å². The van der Waals surface area contributed by atoms with Gasteiger partial charge in [0.1, 0.15) is 23.1 Å². The molecule has 0 aliphatic carbocycles. The van der Waals surface area contributed by atoms with E-state index in [2.05, 4.69) is 38.1 Å². The van der Waals surface area contributed by atoms with Gasteiger partial charge in [-0.05, 0) is 52.4 Å². The lowest BCUT2D eigenvalue weighted by Crippen LogP contribution is -1.93. The molecule has 0 bridgehead atoms. The lowest BCUT2D eigenvalue weighted by atomic mass is 10.1. The van der Waals surface area contributed by atoms with Gasteiger partial charge in [-0.2, -0.15) is 10.5 Å². The van der Waals surface area contributed by atoms with Crippen molar-refractivity contribution in [2.24, 2.45) is 0 Å². The molecule has 0 saturated heterocycles. The number of nitrogens with one attached hydrogen (secondary N) is 2. The van der Waals surface area contributed by atoms with Gasteiger partial charge in [0, 0.05) is 11.9 Å². The number of rotatable bonds is 5. The van der Waals surface area contributed by atoms with Crippen molar-refractivity contribution in [3.63, 3.8) is 0 Å². The summed E-state index contributed by atoms with van der Waals surface area (Å²) in [5.41, 5.74) is 1.08. The van der Waals surface area contributed by atoms with Crippen LogP contribution in [-0.2, 0) is 0 Å². The molecule has 1 aromatic heterocycles. The van der Waals surface area contributed by atoms with Crippen LogP contribution in [0.5, 0.6) is 11.5 Å². The molecule has 0 atom stereocenters. The van der Waals surface area contributed by atoms with Crippen molar-refractivity contribution in [3.05, 3.63) is 78.8 Å². The molecule has 0 saturated carbocycles. The van der Waals surface area contributed by atoms with Gasteiger partial charge in [-0.15, -0.1) is 10.2 Å². The normalized spacial score (nSPS) is 11.1. The summed E-state index contributed by atoms with van der Waals surface area (Å²) in [6, 6.07) is 23.6. The molecule has 0 amide bonds. The van der Waals surface area contributed by atoms with E-state index in [-0.39, 0.29) is 11.4 Å². The van der Waals surface area contributed by atoms with Gasteiger partial charge >= 0.3 is 0 Å². The Morgan fingerprint density at radius 1 is 1.00 bits per heavy atom. The molecular weight excluding hydrogens is 340 g/mol. The molecule has 3 aromatic carbocycles. The predicted octanol–water partition coefficient (Wildman–Crippen LogP) is 4.12. The zero-order chi connectivity index (χ0) is 18.5. The second-order valence-corrected chi connectivity index (χ2v) is 5.68. The van der Waals surface area contributed by atoms with Gasteiger partial charge in [-0.1, -0.05) is 30.3 Å². The highest BCUT2D eigenvalue weighted by Gasteiger charge is 2.05. The van der Waals surface area contributed by atoms with E-state index >= 15 is 0 Å². The lowest BCUT2D eigenvalue weighted by Gasteiger charge is -2.08. The molecule has 1 heterocycles. The highest BCUT2D eigenvalue weighted by molar-refractivity contribution is 5.83. The van der Waals surface area contributed by atoms with Crippen LogP contribution >= 0.6 is 0 Å². The van der Waals surface area contributed by atoms with E-state index in [1.807, 2.05) is 60.7 Å². The molecule has 0 radical (unpaired) electrons. The molecule has 0 spiro atoms. The molecule has 130 valence electrons. The first-order valence-electron chi connectivity index (χ1n) is 8.19. The Labute approximate surface area is 154 Å². The summed E-state index contributed by atoms with van der Waals surface area (Å²) in [7, 11) is 0. The van der Waals surface area contributed by atoms with Crippen LogP contribution < -0.4 is 10.1 Å². The zero-order valence-corrected chi connectivity index (χ0v) is 14.1. The number of fused-ring (bicyclic) bond motifs is 1. The summed E-state index contributed by atoms with van der Waals surface area (Å²) in [5.74, 6) is 1.73. The van der Waals surface area contributed by atoms with Crippen LogP contribution in [0.2, 0.25) is 0 Å². The first-order chi connectivity index (χ1) is 13.3. The van der Waals surface area contributed by atoms with Gasteiger partial charge in [-0.25, -0.2) is 0 Å². The number of allylic oxidation sites excluding steroid dienone is 1. The fourth-order valence-electron chi connectivity index (χ4n) is 2.56. The molecule has 0 aliphatic heterocycles. The molecule has 4 rings (SSSR count). The van der Waals surface area contributed by atoms with Gasteiger partial charge < -0.3 is 10.1 Å². The van der Waals surface area contributed by atoms with E-state index < -0.39 is 0 Å². The summed E-state index contributed by atoms with van der Waals surface area (Å²) in [6.45, 7) is 0.